The molecule has 23 heavy (non-hydrogen) atoms. The van der Waals surface area contributed by atoms with Crippen LogP contribution in [0.4, 0.5) is 11.5 Å². The Kier molecular flexibility index (Phi) is 5.46. The van der Waals surface area contributed by atoms with Crippen LogP contribution in [0.1, 0.15) is 12.6 Å². The molecule has 1 aromatic carbocycles. The molecule has 0 saturated carbocycles. The number of benzene rings is 1. The van der Waals surface area contributed by atoms with Crippen molar-refractivity contribution in [1.82, 2.24) is 9.78 Å². The molecule has 0 aliphatic carbocycles. The maximum absolute atomic E-state index is 10.7. The van der Waals surface area contributed by atoms with Crippen LogP contribution in [0.5, 0.6) is 0 Å². The molecule has 0 bridgehead atoms. The lowest BCUT2D eigenvalue weighted by Crippen LogP contribution is -2.11. The van der Waals surface area contributed by atoms with Gasteiger partial charge in [0.25, 0.3) is 0 Å². The number of halogens is 3. The highest BCUT2D eigenvalue weighted by Crippen LogP contribution is 2.33. The van der Waals surface area contributed by atoms with Crippen molar-refractivity contribution in [2.45, 2.75) is 20.4 Å². The van der Waals surface area contributed by atoms with Gasteiger partial charge >= 0.3 is 5.82 Å². The third-order valence-corrected chi connectivity index (χ3v) is 3.71. The smallest absolute Gasteiger partial charge is 0.358 e. The first-order valence-corrected chi connectivity index (χ1v) is 7.54. The Bertz CT molecular complexity index is 765. The highest BCUT2D eigenvalue weighted by molar-refractivity contribution is 6.41. The van der Waals surface area contributed by atoms with Gasteiger partial charge in [-0.3, -0.25) is 5.43 Å². The predicted molar refractivity (Wildman–Crippen MR) is 91.8 cm³/mol. The summed E-state index contributed by atoms with van der Waals surface area (Å²) in [7, 11) is 0. The number of hydrogen-bond acceptors (Lipinski definition) is 5. The molecular weight excluding hydrogens is 365 g/mol. The van der Waals surface area contributed by atoms with Crippen LogP contribution in [-0.4, -0.2) is 20.4 Å². The summed E-state index contributed by atoms with van der Waals surface area (Å²) in [5, 5.41) is 19.9. The van der Waals surface area contributed by atoms with Gasteiger partial charge in [0, 0.05) is 5.02 Å². The minimum absolute atomic E-state index is 0.202. The average molecular weight is 377 g/mol. The summed E-state index contributed by atoms with van der Waals surface area (Å²) in [5.41, 5.74) is 4.49. The third kappa shape index (κ3) is 4.34. The molecule has 10 heteroatoms. The number of nitro groups is 1. The van der Waals surface area contributed by atoms with Gasteiger partial charge in [-0.15, -0.1) is 0 Å². The molecular formula is C13H12Cl3N5O2. The van der Waals surface area contributed by atoms with E-state index < -0.39 is 4.92 Å². The van der Waals surface area contributed by atoms with E-state index in [4.69, 9.17) is 34.8 Å². The number of aryl methyl sites for hydroxylation is 1. The van der Waals surface area contributed by atoms with Gasteiger partial charge in [0.15, 0.2) is 0 Å². The summed E-state index contributed by atoms with van der Waals surface area (Å²) < 4.78 is 1.49. The molecule has 0 saturated heterocycles. The van der Waals surface area contributed by atoms with Gasteiger partial charge in [0.2, 0.25) is 0 Å². The zero-order valence-corrected chi connectivity index (χ0v) is 14.4. The second-order valence-corrected chi connectivity index (χ2v) is 6.01. The summed E-state index contributed by atoms with van der Waals surface area (Å²) in [4.78, 5) is 10.2. The fraction of sp³-hybridized carbons (Fsp3) is 0.231. The quantitative estimate of drug-likeness (QED) is 0.471. The molecule has 0 unspecified atom stereocenters. The Morgan fingerprint density at radius 2 is 1.96 bits per heavy atom. The fourth-order valence-electron chi connectivity index (χ4n) is 1.79. The first kappa shape index (κ1) is 17.5. The van der Waals surface area contributed by atoms with E-state index in [9.17, 15) is 10.1 Å². The predicted octanol–water partition coefficient (Wildman–Crippen LogP) is 4.55. The summed E-state index contributed by atoms with van der Waals surface area (Å²) in [6.07, 6.45) is 0. The topological polar surface area (TPSA) is 85.3 Å². The van der Waals surface area contributed by atoms with E-state index in [0.29, 0.717) is 32.2 Å². The monoisotopic (exact) mass is 375 g/mol. The largest absolute Gasteiger partial charge is 0.390 e. The van der Waals surface area contributed by atoms with Crippen molar-refractivity contribution >= 4 is 52.0 Å². The van der Waals surface area contributed by atoms with Gasteiger partial charge in [-0.05, 0) is 30.9 Å². The van der Waals surface area contributed by atoms with Crippen LogP contribution in [-0.2, 0) is 6.54 Å². The Morgan fingerprint density at radius 3 is 2.48 bits per heavy atom. The number of anilines is 1. The van der Waals surface area contributed by atoms with E-state index in [1.807, 2.05) is 0 Å². The lowest BCUT2D eigenvalue weighted by Gasteiger charge is -2.08. The Morgan fingerprint density at radius 1 is 1.35 bits per heavy atom. The number of hydrogen-bond donors (Lipinski definition) is 1. The first-order chi connectivity index (χ1) is 10.8. The molecule has 0 spiro atoms. The van der Waals surface area contributed by atoms with Crippen molar-refractivity contribution < 1.29 is 4.92 Å². The van der Waals surface area contributed by atoms with E-state index in [-0.39, 0.29) is 12.4 Å². The first-order valence-electron chi connectivity index (χ1n) is 6.40. The van der Waals surface area contributed by atoms with Gasteiger partial charge in [0.05, 0.1) is 38.3 Å². The second-order valence-electron chi connectivity index (χ2n) is 4.76. The minimum atomic E-state index is -0.540. The molecule has 0 aliphatic rings. The van der Waals surface area contributed by atoms with Crippen molar-refractivity contribution in [3.63, 3.8) is 0 Å². The molecule has 2 rings (SSSR count). The Balaban J connectivity index is 2.14. The summed E-state index contributed by atoms with van der Waals surface area (Å²) in [6.45, 7) is 3.76. The van der Waals surface area contributed by atoms with Crippen molar-refractivity contribution in [2.24, 2.45) is 5.10 Å². The summed E-state index contributed by atoms with van der Waals surface area (Å²) >= 11 is 17.9. The fourth-order valence-corrected chi connectivity index (χ4v) is 2.70. The molecule has 1 heterocycles. The highest BCUT2D eigenvalue weighted by atomic mass is 35.5. The van der Waals surface area contributed by atoms with Gasteiger partial charge in [-0.1, -0.05) is 34.8 Å². The standard InChI is InChI=1S/C13H12Cl3N5O2/c1-7(6-20-8(2)3-12(19-20)21(22)23)17-18-13-10(15)4-9(14)5-11(13)16/h3-5,18H,6H2,1-2H3/b17-7+. The van der Waals surface area contributed by atoms with Crippen LogP contribution >= 0.6 is 34.8 Å². The molecule has 1 N–H and O–H groups in total. The van der Waals surface area contributed by atoms with E-state index in [0.717, 1.165) is 0 Å². The van der Waals surface area contributed by atoms with Gasteiger partial charge < -0.3 is 10.1 Å². The number of nitrogens with zero attached hydrogens (tertiary/aromatic N) is 4. The molecule has 122 valence electrons. The minimum Gasteiger partial charge on any atom is -0.358 e. The summed E-state index contributed by atoms with van der Waals surface area (Å²) in [5.74, 6) is -0.202. The van der Waals surface area contributed by atoms with Gasteiger partial charge in [-0.2, -0.15) is 9.78 Å². The number of hydrazone groups is 1. The molecule has 2 aromatic rings. The maximum Gasteiger partial charge on any atom is 0.390 e. The number of rotatable bonds is 5. The van der Waals surface area contributed by atoms with Crippen LogP contribution in [0.2, 0.25) is 15.1 Å². The lowest BCUT2D eigenvalue weighted by molar-refractivity contribution is -0.389. The molecule has 7 nitrogen and oxygen atoms in total. The normalized spacial score (nSPS) is 11.6. The molecule has 1 aromatic heterocycles. The second kappa shape index (κ2) is 7.16. The molecule has 0 amide bonds. The molecule has 0 radical (unpaired) electrons. The average Bonchev–Trinajstić information content (AvgIpc) is 2.79. The van der Waals surface area contributed by atoms with Crippen molar-refractivity contribution in [2.75, 3.05) is 5.43 Å². The van der Waals surface area contributed by atoms with Crippen LogP contribution < -0.4 is 5.43 Å². The molecule has 0 aliphatic heterocycles. The van der Waals surface area contributed by atoms with E-state index in [1.54, 1.807) is 26.0 Å². The number of nitrogens with one attached hydrogen (secondary N) is 1. The van der Waals surface area contributed by atoms with Gasteiger partial charge in [0.1, 0.15) is 6.54 Å². The van der Waals surface area contributed by atoms with Crippen molar-refractivity contribution in [1.29, 1.82) is 0 Å². The Hall–Kier alpha value is -1.83. The molecule has 0 atom stereocenters. The number of aromatic nitrogens is 2. The van der Waals surface area contributed by atoms with Crippen LogP contribution in [0.3, 0.4) is 0 Å². The Labute approximate surface area is 147 Å². The van der Waals surface area contributed by atoms with E-state index >= 15 is 0 Å². The van der Waals surface area contributed by atoms with Crippen molar-refractivity contribution in [3.05, 3.63) is 49.1 Å². The lowest BCUT2D eigenvalue weighted by atomic mass is 10.3. The van der Waals surface area contributed by atoms with Crippen LogP contribution in [0.25, 0.3) is 0 Å². The van der Waals surface area contributed by atoms with E-state index in [1.165, 1.54) is 10.7 Å². The van der Waals surface area contributed by atoms with Gasteiger partial charge in [-0.25, -0.2) is 0 Å². The zero-order valence-electron chi connectivity index (χ0n) is 12.2. The van der Waals surface area contributed by atoms with Crippen molar-refractivity contribution in [3.8, 4) is 0 Å². The SMILES string of the molecule is C/C(Cn1nc([N+](=O)[O-])cc1C)=N\Nc1c(Cl)cc(Cl)cc1Cl. The van der Waals surface area contributed by atoms with E-state index in [2.05, 4.69) is 15.6 Å². The molecule has 0 fully saturated rings. The highest BCUT2D eigenvalue weighted by Gasteiger charge is 2.15. The van der Waals surface area contributed by atoms with Crippen LogP contribution in [0.15, 0.2) is 23.3 Å². The third-order valence-electron chi connectivity index (χ3n) is 2.90. The maximum atomic E-state index is 10.7. The van der Waals surface area contributed by atoms with Crippen LogP contribution in [0, 0.1) is 17.0 Å². The summed E-state index contributed by atoms with van der Waals surface area (Å²) in [6, 6.07) is 4.49. The zero-order chi connectivity index (χ0) is 17.1.